The summed E-state index contributed by atoms with van der Waals surface area (Å²) >= 11 is 0. The summed E-state index contributed by atoms with van der Waals surface area (Å²) < 4.78 is 49.0. The van der Waals surface area contributed by atoms with Crippen LogP contribution in [0, 0.1) is 0 Å². The first-order valence-corrected chi connectivity index (χ1v) is 13.6. The van der Waals surface area contributed by atoms with Gasteiger partial charge >= 0.3 is 12.1 Å². The Morgan fingerprint density at radius 1 is 0.976 bits per heavy atom. The first-order valence-electron chi connectivity index (χ1n) is 13.6. The number of esters is 1. The van der Waals surface area contributed by atoms with Crippen molar-refractivity contribution < 1.29 is 32.2 Å². The quantitative estimate of drug-likeness (QED) is 0.243. The summed E-state index contributed by atoms with van der Waals surface area (Å²) in [5, 5.41) is -0.0747. The van der Waals surface area contributed by atoms with Crippen LogP contribution in [0.1, 0.15) is 57.5 Å². The standard InChI is InChI=1S/C30H37F3N4O5/c1-17(2)36(18(3)4)10-11-37(19(5)6)28(39)20-8-9-23(22(12-20)15-41-7)21-13-24-26(34-16-35-27(24)38)25(14-21)42-29(40)30(31,32)33/h8-9,12-14,16-19H,10-11,15H2,1-7H3,(H,34,35,38). The summed E-state index contributed by atoms with van der Waals surface area (Å²) in [5.41, 5.74) is 0.877. The molecule has 0 spiro atoms. The third kappa shape index (κ3) is 7.54. The van der Waals surface area contributed by atoms with Crippen LogP contribution in [0.4, 0.5) is 13.2 Å². The number of alkyl halides is 3. The van der Waals surface area contributed by atoms with Gasteiger partial charge in [-0.05, 0) is 82.5 Å². The largest absolute Gasteiger partial charge is 0.491 e. The average Bonchev–Trinajstić information content (AvgIpc) is 2.90. The number of carbonyl (C=O) groups is 2. The third-order valence-electron chi connectivity index (χ3n) is 6.92. The molecule has 12 heteroatoms. The lowest BCUT2D eigenvalue weighted by Crippen LogP contribution is -2.46. The molecule has 2 aromatic carbocycles. The molecule has 0 bridgehead atoms. The van der Waals surface area contributed by atoms with E-state index in [0.29, 0.717) is 41.9 Å². The van der Waals surface area contributed by atoms with E-state index >= 15 is 0 Å². The molecule has 0 saturated heterocycles. The van der Waals surface area contributed by atoms with Crippen molar-refractivity contribution in [2.75, 3.05) is 20.2 Å². The Labute approximate surface area is 242 Å². The number of halogens is 3. The molecule has 0 unspecified atom stereocenters. The molecule has 42 heavy (non-hydrogen) atoms. The van der Waals surface area contributed by atoms with Crippen LogP contribution < -0.4 is 10.3 Å². The highest BCUT2D eigenvalue weighted by atomic mass is 19.4. The van der Waals surface area contributed by atoms with Crippen LogP contribution in [0.3, 0.4) is 0 Å². The molecule has 3 aromatic rings. The number of carbonyl (C=O) groups excluding carboxylic acids is 2. The van der Waals surface area contributed by atoms with Gasteiger partial charge in [-0.15, -0.1) is 0 Å². The number of fused-ring (bicyclic) bond motifs is 1. The molecule has 0 fully saturated rings. The zero-order valence-corrected chi connectivity index (χ0v) is 24.8. The van der Waals surface area contributed by atoms with Gasteiger partial charge in [0, 0.05) is 43.9 Å². The summed E-state index contributed by atoms with van der Waals surface area (Å²) in [7, 11) is 1.47. The van der Waals surface area contributed by atoms with Crippen molar-refractivity contribution in [3.63, 3.8) is 0 Å². The topological polar surface area (TPSA) is 105 Å². The molecule has 0 aliphatic heterocycles. The number of nitrogens with zero attached hydrogens (tertiary/aromatic N) is 3. The Balaban J connectivity index is 2.07. The number of H-pyrrole nitrogens is 1. The van der Waals surface area contributed by atoms with Crippen LogP contribution in [0.2, 0.25) is 0 Å². The monoisotopic (exact) mass is 590 g/mol. The van der Waals surface area contributed by atoms with Gasteiger partial charge in [0.1, 0.15) is 5.52 Å². The lowest BCUT2D eigenvalue weighted by Gasteiger charge is -2.34. The minimum Gasteiger partial charge on any atom is -0.418 e. The number of hydrogen-bond acceptors (Lipinski definition) is 7. The van der Waals surface area contributed by atoms with E-state index in [1.54, 1.807) is 23.1 Å². The maximum atomic E-state index is 13.7. The number of benzene rings is 2. The molecule has 3 rings (SSSR count). The summed E-state index contributed by atoms with van der Waals surface area (Å²) in [5.74, 6) is -3.14. The molecule has 9 nitrogen and oxygen atoms in total. The molecule has 0 aliphatic carbocycles. The maximum Gasteiger partial charge on any atom is 0.491 e. The van der Waals surface area contributed by atoms with Crippen LogP contribution in [-0.2, 0) is 16.1 Å². The Morgan fingerprint density at radius 3 is 2.21 bits per heavy atom. The van der Waals surface area contributed by atoms with Gasteiger partial charge in [-0.1, -0.05) is 6.07 Å². The number of nitrogens with one attached hydrogen (secondary N) is 1. The van der Waals surface area contributed by atoms with Gasteiger partial charge in [-0.2, -0.15) is 13.2 Å². The van der Waals surface area contributed by atoms with Crippen LogP contribution in [0.15, 0.2) is 41.5 Å². The number of methoxy groups -OCH3 is 1. The smallest absolute Gasteiger partial charge is 0.418 e. The van der Waals surface area contributed by atoms with Crippen molar-refractivity contribution in [3.8, 4) is 16.9 Å². The number of ether oxygens (including phenoxy) is 2. The Hall–Kier alpha value is -3.77. The van der Waals surface area contributed by atoms with E-state index in [9.17, 15) is 27.6 Å². The number of aromatic nitrogens is 2. The van der Waals surface area contributed by atoms with Gasteiger partial charge in [-0.3, -0.25) is 14.5 Å². The first-order chi connectivity index (χ1) is 19.6. The van der Waals surface area contributed by atoms with Crippen molar-refractivity contribution in [2.45, 2.75) is 72.5 Å². The molecule has 0 saturated carbocycles. The van der Waals surface area contributed by atoms with Gasteiger partial charge < -0.3 is 19.4 Å². The van der Waals surface area contributed by atoms with Crippen LogP contribution >= 0.6 is 0 Å². The van der Waals surface area contributed by atoms with Crippen molar-refractivity contribution >= 4 is 22.8 Å². The van der Waals surface area contributed by atoms with Gasteiger partial charge in [0.15, 0.2) is 5.75 Å². The Kier molecular flexibility index (Phi) is 10.5. The minimum absolute atomic E-state index is 0.0612. The van der Waals surface area contributed by atoms with E-state index in [-0.39, 0.29) is 35.0 Å². The summed E-state index contributed by atoms with van der Waals surface area (Å²) in [6, 6.07) is 8.12. The zero-order valence-electron chi connectivity index (χ0n) is 24.8. The fraction of sp³-hybridized carbons (Fsp3) is 0.467. The van der Waals surface area contributed by atoms with E-state index in [4.69, 9.17) is 4.74 Å². The van der Waals surface area contributed by atoms with E-state index in [2.05, 4.69) is 47.3 Å². The number of hydrogen-bond donors (Lipinski definition) is 1. The molecule has 0 atom stereocenters. The van der Waals surface area contributed by atoms with Gasteiger partial charge in [0.05, 0.1) is 18.3 Å². The minimum atomic E-state index is -5.25. The lowest BCUT2D eigenvalue weighted by atomic mass is 9.96. The SMILES string of the molecule is COCc1cc(C(=O)N(CCN(C(C)C)C(C)C)C(C)C)ccc1-c1cc(OC(=O)C(F)(F)F)c2nc[nH]c(=O)c2c1. The van der Waals surface area contributed by atoms with Gasteiger partial charge in [0.2, 0.25) is 0 Å². The molecule has 0 radical (unpaired) electrons. The van der Waals surface area contributed by atoms with Gasteiger partial charge in [-0.25, -0.2) is 9.78 Å². The molecular formula is C30H37F3N4O5. The highest BCUT2D eigenvalue weighted by molar-refractivity contribution is 5.96. The second kappa shape index (κ2) is 13.5. The van der Waals surface area contributed by atoms with Crippen molar-refractivity contribution in [1.29, 1.82) is 0 Å². The molecule has 1 N–H and O–H groups in total. The number of aromatic amines is 1. The fourth-order valence-electron chi connectivity index (χ4n) is 4.92. The van der Waals surface area contributed by atoms with Crippen LogP contribution in [0.25, 0.3) is 22.0 Å². The number of rotatable bonds is 11. The normalized spacial score (nSPS) is 12.1. The molecule has 1 amide bonds. The summed E-state index contributed by atoms with van der Waals surface area (Å²) in [6.07, 6.45) is -4.25. The van der Waals surface area contributed by atoms with Gasteiger partial charge in [0.25, 0.3) is 11.5 Å². The third-order valence-corrected chi connectivity index (χ3v) is 6.92. The fourth-order valence-corrected chi connectivity index (χ4v) is 4.92. The highest BCUT2D eigenvalue weighted by Gasteiger charge is 2.41. The maximum absolute atomic E-state index is 13.7. The second-order valence-electron chi connectivity index (χ2n) is 10.8. The molecule has 1 aromatic heterocycles. The summed E-state index contributed by atoms with van der Waals surface area (Å²) in [6.45, 7) is 13.6. The van der Waals surface area contributed by atoms with E-state index in [0.717, 1.165) is 6.33 Å². The average molecular weight is 591 g/mol. The van der Waals surface area contributed by atoms with Crippen LogP contribution in [-0.4, -0.2) is 76.1 Å². The van der Waals surface area contributed by atoms with E-state index in [1.807, 2.05) is 13.8 Å². The molecule has 228 valence electrons. The van der Waals surface area contributed by atoms with E-state index in [1.165, 1.54) is 19.2 Å². The van der Waals surface area contributed by atoms with Crippen molar-refractivity contribution in [3.05, 3.63) is 58.1 Å². The number of amides is 1. The predicted octanol–water partition coefficient (Wildman–Crippen LogP) is 5.17. The highest BCUT2D eigenvalue weighted by Crippen LogP contribution is 2.34. The zero-order chi connectivity index (χ0) is 31.4. The predicted molar refractivity (Wildman–Crippen MR) is 153 cm³/mol. The molecule has 1 heterocycles. The van der Waals surface area contributed by atoms with Crippen molar-refractivity contribution in [1.82, 2.24) is 19.8 Å². The first kappa shape index (κ1) is 32.7. The van der Waals surface area contributed by atoms with Crippen molar-refractivity contribution in [2.24, 2.45) is 0 Å². The summed E-state index contributed by atoms with van der Waals surface area (Å²) in [4.78, 5) is 48.3. The molecular weight excluding hydrogens is 553 g/mol. The molecule has 0 aliphatic rings. The lowest BCUT2D eigenvalue weighted by molar-refractivity contribution is -0.189. The van der Waals surface area contributed by atoms with Crippen LogP contribution in [0.5, 0.6) is 5.75 Å². The van der Waals surface area contributed by atoms with E-state index < -0.39 is 23.5 Å². The Bertz CT molecular complexity index is 1480. The Morgan fingerprint density at radius 2 is 1.64 bits per heavy atom. The second-order valence-corrected chi connectivity index (χ2v) is 10.8.